The molecule has 2 nitrogen and oxygen atoms in total. The van der Waals surface area contributed by atoms with Crippen molar-refractivity contribution in [2.75, 3.05) is 0 Å². The maximum atomic E-state index is 10.5. The highest BCUT2D eigenvalue weighted by molar-refractivity contribution is 5.70. The molecule has 0 bridgehead atoms. The number of allylic oxidation sites excluding steroid dienone is 1. The molecule has 1 aliphatic rings. The number of hydrogen-bond acceptors (Lipinski definition) is 1. The van der Waals surface area contributed by atoms with E-state index in [0.717, 1.165) is 12.0 Å². The Balaban J connectivity index is 2.57. The van der Waals surface area contributed by atoms with Gasteiger partial charge in [-0.25, -0.2) is 0 Å². The molecule has 0 aromatic carbocycles. The van der Waals surface area contributed by atoms with E-state index >= 15 is 0 Å². The molecule has 74 valence electrons. The van der Waals surface area contributed by atoms with Gasteiger partial charge in [-0.15, -0.1) is 0 Å². The topological polar surface area (TPSA) is 37.3 Å². The lowest BCUT2D eigenvalue weighted by molar-refractivity contribution is -0.136. The molecule has 0 saturated heterocycles. The zero-order valence-electron chi connectivity index (χ0n) is 8.42. The van der Waals surface area contributed by atoms with Crippen LogP contribution in [0.3, 0.4) is 0 Å². The second-order valence-electron chi connectivity index (χ2n) is 4.09. The van der Waals surface area contributed by atoms with Crippen LogP contribution in [0, 0.1) is 11.8 Å². The first-order chi connectivity index (χ1) is 6.11. The summed E-state index contributed by atoms with van der Waals surface area (Å²) in [6.45, 7) is 4.35. The minimum Gasteiger partial charge on any atom is -0.481 e. The molecule has 0 aromatic heterocycles. The highest BCUT2D eigenvalue weighted by Crippen LogP contribution is 2.31. The molecule has 13 heavy (non-hydrogen) atoms. The molecule has 0 amide bonds. The van der Waals surface area contributed by atoms with E-state index in [9.17, 15) is 4.79 Å². The predicted molar refractivity (Wildman–Crippen MR) is 52.5 cm³/mol. The van der Waals surface area contributed by atoms with Gasteiger partial charge in [-0.05, 0) is 24.7 Å². The summed E-state index contributed by atoms with van der Waals surface area (Å²) in [5.41, 5.74) is 1.12. The lowest BCUT2D eigenvalue weighted by Gasteiger charge is -2.25. The molecule has 2 heteroatoms. The Labute approximate surface area is 79.6 Å². The van der Waals surface area contributed by atoms with Crippen LogP contribution >= 0.6 is 0 Å². The van der Waals surface area contributed by atoms with Gasteiger partial charge in [-0.1, -0.05) is 31.9 Å². The van der Waals surface area contributed by atoms with Gasteiger partial charge in [0.15, 0.2) is 0 Å². The van der Waals surface area contributed by atoms with Crippen LogP contribution in [0.2, 0.25) is 0 Å². The second kappa shape index (κ2) is 4.45. The van der Waals surface area contributed by atoms with Gasteiger partial charge in [0.25, 0.3) is 0 Å². The quantitative estimate of drug-likeness (QED) is 0.681. The maximum absolute atomic E-state index is 10.5. The highest BCUT2D eigenvalue weighted by Gasteiger charge is 2.19. The molecule has 1 N–H and O–H groups in total. The van der Waals surface area contributed by atoms with Crippen molar-refractivity contribution in [3.63, 3.8) is 0 Å². The highest BCUT2D eigenvalue weighted by atomic mass is 16.4. The van der Waals surface area contributed by atoms with Gasteiger partial charge in [-0.2, -0.15) is 0 Å². The molecule has 0 fully saturated rings. The minimum absolute atomic E-state index is 0.237. The molecular formula is C11H18O2. The fourth-order valence-electron chi connectivity index (χ4n) is 2.15. The maximum Gasteiger partial charge on any atom is 0.307 e. The standard InChI is InChI=1S/C11H18O2/c1-3-9-4-8(2)5-10(6-9)7-11(12)13/h5,8-9H,3-4,6-7H2,1-2H3,(H,12,13). The SMILES string of the molecule is CCC1CC(CC(=O)O)=CC(C)C1. The van der Waals surface area contributed by atoms with Gasteiger partial charge in [0.2, 0.25) is 0 Å². The second-order valence-corrected chi connectivity index (χ2v) is 4.09. The summed E-state index contributed by atoms with van der Waals surface area (Å²) in [5, 5.41) is 8.67. The van der Waals surface area contributed by atoms with E-state index in [1.54, 1.807) is 0 Å². The number of carboxylic acids is 1. The van der Waals surface area contributed by atoms with Gasteiger partial charge < -0.3 is 5.11 Å². The molecule has 1 rings (SSSR count). The number of rotatable bonds is 3. The van der Waals surface area contributed by atoms with Gasteiger partial charge in [-0.3, -0.25) is 4.79 Å². The average molecular weight is 182 g/mol. The molecule has 0 heterocycles. The third kappa shape index (κ3) is 3.21. The molecule has 0 aromatic rings. The van der Waals surface area contributed by atoms with Crippen molar-refractivity contribution in [1.82, 2.24) is 0 Å². The van der Waals surface area contributed by atoms with Crippen molar-refractivity contribution < 1.29 is 9.90 Å². The van der Waals surface area contributed by atoms with E-state index in [-0.39, 0.29) is 6.42 Å². The Morgan fingerprint density at radius 2 is 2.38 bits per heavy atom. The first-order valence-electron chi connectivity index (χ1n) is 5.03. The van der Waals surface area contributed by atoms with Crippen molar-refractivity contribution in [1.29, 1.82) is 0 Å². The largest absolute Gasteiger partial charge is 0.481 e. The fourth-order valence-corrected chi connectivity index (χ4v) is 2.15. The molecule has 2 atom stereocenters. The van der Waals surface area contributed by atoms with E-state index in [0.29, 0.717) is 11.8 Å². The Morgan fingerprint density at radius 1 is 1.69 bits per heavy atom. The summed E-state index contributed by atoms with van der Waals surface area (Å²) >= 11 is 0. The van der Waals surface area contributed by atoms with Crippen molar-refractivity contribution in [2.45, 2.75) is 39.5 Å². The van der Waals surface area contributed by atoms with E-state index in [1.165, 1.54) is 12.8 Å². The van der Waals surface area contributed by atoms with E-state index < -0.39 is 5.97 Å². The minimum atomic E-state index is -0.699. The zero-order chi connectivity index (χ0) is 9.84. The van der Waals surface area contributed by atoms with Gasteiger partial charge in [0.05, 0.1) is 6.42 Å². The fraction of sp³-hybridized carbons (Fsp3) is 0.727. The van der Waals surface area contributed by atoms with Gasteiger partial charge >= 0.3 is 5.97 Å². The lowest BCUT2D eigenvalue weighted by atomic mass is 9.81. The van der Waals surface area contributed by atoms with E-state index in [2.05, 4.69) is 19.9 Å². The van der Waals surface area contributed by atoms with Crippen molar-refractivity contribution >= 4 is 5.97 Å². The summed E-state index contributed by atoms with van der Waals surface area (Å²) in [6.07, 6.45) is 5.76. The van der Waals surface area contributed by atoms with Crippen LogP contribution < -0.4 is 0 Å². The Morgan fingerprint density at radius 3 is 2.92 bits per heavy atom. The Bertz CT molecular complexity index is 218. The number of carbonyl (C=O) groups is 1. The Hall–Kier alpha value is -0.790. The third-order valence-electron chi connectivity index (χ3n) is 2.73. The first-order valence-corrected chi connectivity index (χ1v) is 5.03. The van der Waals surface area contributed by atoms with Crippen LogP contribution in [0.5, 0.6) is 0 Å². The number of carboxylic acid groups (broad SMARTS) is 1. The molecule has 0 radical (unpaired) electrons. The summed E-state index contributed by atoms with van der Waals surface area (Å²) in [7, 11) is 0. The van der Waals surface area contributed by atoms with Crippen molar-refractivity contribution in [3.05, 3.63) is 11.6 Å². The lowest BCUT2D eigenvalue weighted by Crippen LogP contribution is -2.13. The van der Waals surface area contributed by atoms with Gasteiger partial charge in [0.1, 0.15) is 0 Å². The first kappa shape index (κ1) is 10.3. The molecular weight excluding hydrogens is 164 g/mol. The molecule has 0 saturated carbocycles. The summed E-state index contributed by atoms with van der Waals surface area (Å²) in [4.78, 5) is 10.5. The Kier molecular flexibility index (Phi) is 3.52. The number of aliphatic carboxylic acids is 1. The van der Waals surface area contributed by atoms with Crippen molar-refractivity contribution in [3.8, 4) is 0 Å². The molecule has 2 unspecified atom stereocenters. The average Bonchev–Trinajstić information content (AvgIpc) is 2.01. The summed E-state index contributed by atoms with van der Waals surface area (Å²) in [6, 6.07) is 0. The zero-order valence-corrected chi connectivity index (χ0v) is 8.42. The normalized spacial score (nSPS) is 28.3. The van der Waals surface area contributed by atoms with Crippen LogP contribution in [0.4, 0.5) is 0 Å². The molecule has 0 spiro atoms. The van der Waals surface area contributed by atoms with Crippen LogP contribution in [0.1, 0.15) is 39.5 Å². The van der Waals surface area contributed by atoms with E-state index in [1.807, 2.05) is 0 Å². The van der Waals surface area contributed by atoms with Crippen LogP contribution in [0.15, 0.2) is 11.6 Å². The monoisotopic (exact) mass is 182 g/mol. The number of hydrogen-bond donors (Lipinski definition) is 1. The van der Waals surface area contributed by atoms with Crippen molar-refractivity contribution in [2.24, 2.45) is 11.8 Å². The molecule has 0 aliphatic heterocycles. The van der Waals surface area contributed by atoms with Crippen LogP contribution in [-0.4, -0.2) is 11.1 Å². The summed E-state index contributed by atoms with van der Waals surface area (Å²) < 4.78 is 0. The van der Waals surface area contributed by atoms with Crippen LogP contribution in [-0.2, 0) is 4.79 Å². The summed E-state index contributed by atoms with van der Waals surface area (Å²) in [5.74, 6) is 0.567. The van der Waals surface area contributed by atoms with Gasteiger partial charge in [0, 0.05) is 0 Å². The van der Waals surface area contributed by atoms with E-state index in [4.69, 9.17) is 5.11 Å². The third-order valence-corrected chi connectivity index (χ3v) is 2.73. The van der Waals surface area contributed by atoms with Crippen LogP contribution in [0.25, 0.3) is 0 Å². The molecule has 1 aliphatic carbocycles. The predicted octanol–water partition coefficient (Wildman–Crippen LogP) is 2.84. The smallest absolute Gasteiger partial charge is 0.307 e.